The number of fused-ring (bicyclic) bond motifs is 4. The molecule has 158 valence electrons. The topological polar surface area (TPSA) is 59.1 Å². The molecule has 1 unspecified atom stereocenters. The molecule has 2 aromatic carbocycles. The number of hydrogen-bond acceptors (Lipinski definition) is 5. The highest BCUT2D eigenvalue weighted by Crippen LogP contribution is 2.50. The van der Waals surface area contributed by atoms with Crippen LogP contribution in [0.2, 0.25) is 0 Å². The van der Waals surface area contributed by atoms with Crippen LogP contribution >= 0.6 is 11.3 Å². The number of carbonyl (C=O) groups excluding carboxylic acids is 2. The second kappa shape index (κ2) is 7.83. The summed E-state index contributed by atoms with van der Waals surface area (Å²) in [4.78, 5) is 35.3. The number of benzene rings is 2. The van der Waals surface area contributed by atoms with E-state index in [2.05, 4.69) is 25.1 Å². The van der Waals surface area contributed by atoms with Gasteiger partial charge >= 0.3 is 12.0 Å². The van der Waals surface area contributed by atoms with Crippen LogP contribution < -0.4 is 0 Å². The Morgan fingerprint density at radius 2 is 1.87 bits per heavy atom. The maximum absolute atomic E-state index is 13.1. The number of hydrogen-bond donors (Lipinski definition) is 0. The molecule has 0 N–H and O–H groups in total. The Bertz CT molecular complexity index is 1140. The summed E-state index contributed by atoms with van der Waals surface area (Å²) in [6, 6.07) is 18.7. The number of esters is 1. The summed E-state index contributed by atoms with van der Waals surface area (Å²) in [6.45, 7) is 2.74. The van der Waals surface area contributed by atoms with Crippen LogP contribution in [0.25, 0.3) is 10.4 Å². The number of thiophene rings is 1. The highest BCUT2D eigenvalue weighted by Gasteiger charge is 2.52. The molecule has 3 heterocycles. The third kappa shape index (κ3) is 3.30. The van der Waals surface area contributed by atoms with Gasteiger partial charge in [0.15, 0.2) is 6.04 Å². The van der Waals surface area contributed by atoms with Gasteiger partial charge in [-0.1, -0.05) is 54.6 Å². The number of aryl methyl sites for hydroxylation is 1. The van der Waals surface area contributed by atoms with Crippen LogP contribution in [-0.4, -0.2) is 35.6 Å². The minimum Gasteiger partial charge on any atom is -0.467 e. The monoisotopic (exact) mass is 434 g/mol. The summed E-state index contributed by atoms with van der Waals surface area (Å²) in [5, 5.41) is 1.42. The molecule has 3 aromatic rings. The molecule has 2 bridgehead atoms. The molecule has 1 saturated heterocycles. The largest absolute Gasteiger partial charge is 0.467 e. The lowest BCUT2D eigenvalue weighted by atomic mass is 9.98. The molecule has 1 aromatic heterocycles. The minimum atomic E-state index is -0.753. The maximum atomic E-state index is 13.1. The van der Waals surface area contributed by atoms with Crippen LogP contribution in [0.3, 0.4) is 0 Å². The van der Waals surface area contributed by atoms with Gasteiger partial charge in [0.25, 0.3) is 0 Å². The molecule has 1 fully saturated rings. The normalized spacial score (nSPS) is 19.5. The molecule has 2 atom stereocenters. The number of nitrogens with zero attached hydrogens (tertiary/aromatic N) is 2. The molecule has 2 aliphatic rings. The molecule has 0 saturated carbocycles. The molecular formula is C24H22N2O4S. The van der Waals surface area contributed by atoms with Gasteiger partial charge in [-0.05, 0) is 35.2 Å². The highest BCUT2D eigenvalue weighted by atomic mass is 32.1. The number of amides is 2. The SMILES string of the molecule is COC(=O)C1c2sc(-c3ccccc3C)cc2[C@H]2CN1C(=O)N2OCc1ccccc1. The fourth-order valence-electron chi connectivity index (χ4n) is 4.27. The average molecular weight is 435 g/mol. The van der Waals surface area contributed by atoms with Crippen LogP contribution in [0.15, 0.2) is 60.7 Å². The fourth-order valence-corrected chi connectivity index (χ4v) is 5.68. The van der Waals surface area contributed by atoms with Crippen LogP contribution in [0.4, 0.5) is 4.79 Å². The van der Waals surface area contributed by atoms with Crippen molar-refractivity contribution >= 4 is 23.3 Å². The van der Waals surface area contributed by atoms with E-state index in [1.807, 2.05) is 42.5 Å². The average Bonchev–Trinajstić information content (AvgIpc) is 3.34. The summed E-state index contributed by atoms with van der Waals surface area (Å²) >= 11 is 1.54. The van der Waals surface area contributed by atoms with E-state index >= 15 is 0 Å². The van der Waals surface area contributed by atoms with E-state index in [-0.39, 0.29) is 18.7 Å². The molecule has 7 heteroatoms. The van der Waals surface area contributed by atoms with E-state index < -0.39 is 12.0 Å². The predicted octanol–water partition coefficient (Wildman–Crippen LogP) is 4.86. The lowest BCUT2D eigenvalue weighted by Crippen LogP contribution is -2.38. The quantitative estimate of drug-likeness (QED) is 0.538. The van der Waals surface area contributed by atoms with Crippen molar-refractivity contribution in [3.8, 4) is 10.4 Å². The second-order valence-corrected chi connectivity index (χ2v) is 8.79. The van der Waals surface area contributed by atoms with Crippen LogP contribution in [0.1, 0.15) is 33.7 Å². The first-order valence-corrected chi connectivity index (χ1v) is 10.9. The van der Waals surface area contributed by atoms with Gasteiger partial charge in [-0.2, -0.15) is 5.06 Å². The predicted molar refractivity (Wildman–Crippen MR) is 117 cm³/mol. The molecule has 0 aliphatic carbocycles. The molecule has 31 heavy (non-hydrogen) atoms. The summed E-state index contributed by atoms with van der Waals surface area (Å²) in [5.74, 6) is -0.434. The van der Waals surface area contributed by atoms with Crippen molar-refractivity contribution < 1.29 is 19.2 Å². The van der Waals surface area contributed by atoms with E-state index in [1.165, 1.54) is 12.2 Å². The molecule has 2 amide bonds. The maximum Gasteiger partial charge on any atom is 0.345 e. The van der Waals surface area contributed by atoms with Gasteiger partial charge in [-0.25, -0.2) is 9.59 Å². The van der Waals surface area contributed by atoms with Gasteiger partial charge in [0, 0.05) is 9.75 Å². The number of carbonyl (C=O) groups is 2. The van der Waals surface area contributed by atoms with Gasteiger partial charge in [0.05, 0.1) is 13.7 Å². The first-order chi connectivity index (χ1) is 15.1. The minimum absolute atomic E-state index is 0.263. The Balaban J connectivity index is 1.53. The van der Waals surface area contributed by atoms with Crippen molar-refractivity contribution in [2.45, 2.75) is 25.6 Å². The Labute approximate surface area is 184 Å². The fraction of sp³-hybridized carbons (Fsp3) is 0.250. The zero-order valence-corrected chi connectivity index (χ0v) is 18.1. The van der Waals surface area contributed by atoms with E-state index in [1.54, 1.807) is 16.2 Å². The number of urea groups is 1. The van der Waals surface area contributed by atoms with Crippen molar-refractivity contribution in [1.29, 1.82) is 0 Å². The second-order valence-electron chi connectivity index (χ2n) is 7.71. The Morgan fingerprint density at radius 1 is 1.13 bits per heavy atom. The van der Waals surface area contributed by atoms with E-state index in [4.69, 9.17) is 9.57 Å². The van der Waals surface area contributed by atoms with Gasteiger partial charge in [-0.15, -0.1) is 11.3 Å². The van der Waals surface area contributed by atoms with Crippen molar-refractivity contribution in [3.05, 3.63) is 82.2 Å². The van der Waals surface area contributed by atoms with Crippen LogP contribution in [0, 0.1) is 6.92 Å². The van der Waals surface area contributed by atoms with E-state index in [0.717, 1.165) is 32.0 Å². The highest BCUT2D eigenvalue weighted by molar-refractivity contribution is 7.16. The molecule has 6 nitrogen and oxygen atoms in total. The third-order valence-corrected chi connectivity index (χ3v) is 7.08. The molecule has 5 rings (SSSR count). The molecule has 0 spiro atoms. The standard InChI is InChI=1S/C24H22N2O4S/c1-15-8-6-7-11-17(15)20-12-18-19-13-25(21(22(18)31-20)23(27)29-2)24(28)26(19)30-14-16-9-4-3-5-10-16/h3-12,19,21H,13-14H2,1-2H3/t19-,21?/m1/s1. The number of rotatable bonds is 5. The van der Waals surface area contributed by atoms with Crippen molar-refractivity contribution in [1.82, 2.24) is 9.96 Å². The Kier molecular flexibility index (Phi) is 5.00. The van der Waals surface area contributed by atoms with Crippen molar-refractivity contribution in [2.75, 3.05) is 13.7 Å². The summed E-state index contributed by atoms with van der Waals surface area (Å²) < 4.78 is 5.06. The Hall–Kier alpha value is -3.16. The molecular weight excluding hydrogens is 412 g/mol. The first-order valence-electron chi connectivity index (χ1n) is 10.1. The lowest BCUT2D eigenvalue weighted by Gasteiger charge is -2.28. The van der Waals surface area contributed by atoms with Crippen LogP contribution in [-0.2, 0) is 21.0 Å². The van der Waals surface area contributed by atoms with Crippen molar-refractivity contribution in [3.63, 3.8) is 0 Å². The molecule has 0 radical (unpaired) electrons. The van der Waals surface area contributed by atoms with Gasteiger partial charge in [0.1, 0.15) is 12.6 Å². The van der Waals surface area contributed by atoms with Gasteiger partial charge in [-0.3, -0.25) is 4.84 Å². The Morgan fingerprint density at radius 3 is 2.61 bits per heavy atom. The summed E-state index contributed by atoms with van der Waals surface area (Å²) in [6.07, 6.45) is 0. The first kappa shape index (κ1) is 19.8. The number of methoxy groups -OCH3 is 1. The summed E-state index contributed by atoms with van der Waals surface area (Å²) in [5.41, 5.74) is 4.21. The third-order valence-electron chi connectivity index (χ3n) is 5.85. The van der Waals surface area contributed by atoms with E-state index in [9.17, 15) is 9.59 Å². The zero-order valence-electron chi connectivity index (χ0n) is 17.3. The lowest BCUT2D eigenvalue weighted by molar-refractivity contribution is -0.146. The smallest absolute Gasteiger partial charge is 0.345 e. The number of hydroxylamine groups is 2. The molecule has 2 aliphatic heterocycles. The van der Waals surface area contributed by atoms with Crippen LogP contribution in [0.5, 0.6) is 0 Å². The zero-order chi connectivity index (χ0) is 21.5. The van der Waals surface area contributed by atoms with Gasteiger partial charge < -0.3 is 9.64 Å². The number of ether oxygens (including phenoxy) is 1. The van der Waals surface area contributed by atoms with E-state index in [0.29, 0.717) is 6.54 Å². The summed E-state index contributed by atoms with van der Waals surface area (Å²) in [7, 11) is 1.36. The van der Waals surface area contributed by atoms with Gasteiger partial charge in [0.2, 0.25) is 0 Å². The van der Waals surface area contributed by atoms with Crippen molar-refractivity contribution in [2.24, 2.45) is 0 Å².